The van der Waals surface area contributed by atoms with Crippen LogP contribution in [0, 0.1) is 11.8 Å². The molecular weight excluding hydrogens is 144 g/mol. The number of rotatable bonds is 0. The predicted molar refractivity (Wildman–Crippen MR) is 53.2 cm³/mol. The second kappa shape index (κ2) is 4.30. The summed E-state index contributed by atoms with van der Waals surface area (Å²) < 4.78 is 0. The molecule has 0 aromatic heterocycles. The lowest BCUT2D eigenvalue weighted by molar-refractivity contribution is 0.559. The van der Waals surface area contributed by atoms with Crippen LogP contribution in [0.1, 0.15) is 64.2 Å². The summed E-state index contributed by atoms with van der Waals surface area (Å²) in [6.07, 6.45) is 15.3. The zero-order valence-electron chi connectivity index (χ0n) is 8.23. The van der Waals surface area contributed by atoms with Crippen molar-refractivity contribution in [3.63, 3.8) is 0 Å². The third-order valence-corrected chi connectivity index (χ3v) is 3.72. The molecule has 0 nitrogen and oxygen atoms in total. The number of hydrogen-bond acceptors (Lipinski definition) is 0. The quantitative estimate of drug-likeness (QED) is 0.507. The molecule has 0 heterocycles. The summed E-state index contributed by atoms with van der Waals surface area (Å²) in [6.45, 7) is 0. The summed E-state index contributed by atoms with van der Waals surface area (Å²) in [5.74, 6) is 2.34. The SMILES string of the molecule is C1CCCC[C@@H]2C[C@H]2CCCC1. The van der Waals surface area contributed by atoms with Crippen LogP contribution in [-0.2, 0) is 0 Å². The molecule has 2 rings (SSSR count). The van der Waals surface area contributed by atoms with E-state index in [1.54, 1.807) is 19.3 Å². The molecule has 0 spiro atoms. The first kappa shape index (κ1) is 8.59. The van der Waals surface area contributed by atoms with Crippen molar-refractivity contribution in [2.24, 2.45) is 11.8 Å². The summed E-state index contributed by atoms with van der Waals surface area (Å²) >= 11 is 0. The van der Waals surface area contributed by atoms with Crippen LogP contribution in [-0.4, -0.2) is 0 Å². The van der Waals surface area contributed by atoms with E-state index in [4.69, 9.17) is 0 Å². The Morgan fingerprint density at radius 3 is 1.42 bits per heavy atom. The van der Waals surface area contributed by atoms with Gasteiger partial charge in [-0.2, -0.15) is 0 Å². The molecule has 0 amide bonds. The molecule has 0 aliphatic heterocycles. The van der Waals surface area contributed by atoms with Gasteiger partial charge in [0, 0.05) is 0 Å². The van der Waals surface area contributed by atoms with Crippen LogP contribution in [0.15, 0.2) is 0 Å². The third-order valence-electron chi connectivity index (χ3n) is 3.72. The molecule has 0 radical (unpaired) electrons. The molecule has 0 saturated heterocycles. The Hall–Kier alpha value is 0. The van der Waals surface area contributed by atoms with Crippen molar-refractivity contribution in [1.29, 1.82) is 0 Å². The smallest absolute Gasteiger partial charge is 0.0383 e. The van der Waals surface area contributed by atoms with Crippen LogP contribution < -0.4 is 0 Å². The van der Waals surface area contributed by atoms with Gasteiger partial charge in [-0.1, -0.05) is 57.8 Å². The van der Waals surface area contributed by atoms with E-state index in [2.05, 4.69) is 0 Å². The van der Waals surface area contributed by atoms with Gasteiger partial charge in [0.15, 0.2) is 0 Å². The Labute approximate surface area is 76.7 Å². The van der Waals surface area contributed by atoms with E-state index < -0.39 is 0 Å². The first-order chi connectivity index (χ1) is 5.97. The summed E-state index contributed by atoms with van der Waals surface area (Å²) in [5, 5.41) is 0. The molecule has 2 atom stereocenters. The van der Waals surface area contributed by atoms with Crippen molar-refractivity contribution < 1.29 is 0 Å². The van der Waals surface area contributed by atoms with Crippen LogP contribution in [0.2, 0.25) is 0 Å². The van der Waals surface area contributed by atoms with Crippen LogP contribution >= 0.6 is 0 Å². The van der Waals surface area contributed by atoms with E-state index in [9.17, 15) is 0 Å². The molecule has 0 unspecified atom stereocenters. The van der Waals surface area contributed by atoms with E-state index in [0.29, 0.717) is 0 Å². The minimum Gasteiger partial charge on any atom is -0.0533 e. The maximum Gasteiger partial charge on any atom is -0.0383 e. The summed E-state index contributed by atoms with van der Waals surface area (Å²) in [4.78, 5) is 0. The van der Waals surface area contributed by atoms with Crippen LogP contribution in [0.25, 0.3) is 0 Å². The topological polar surface area (TPSA) is 0 Å². The standard InChI is InChI=1S/C12H22/c1-2-4-6-8-11-10-12(11)9-7-5-3-1/h11-12H,1-10H2/t11-,12-/m1/s1. The predicted octanol–water partition coefficient (Wildman–Crippen LogP) is 4.15. The van der Waals surface area contributed by atoms with Crippen molar-refractivity contribution in [2.75, 3.05) is 0 Å². The zero-order valence-corrected chi connectivity index (χ0v) is 8.23. The Morgan fingerprint density at radius 1 is 0.500 bits per heavy atom. The van der Waals surface area contributed by atoms with Crippen molar-refractivity contribution in [2.45, 2.75) is 64.2 Å². The molecule has 2 aliphatic carbocycles. The average Bonchev–Trinajstić information content (AvgIpc) is 2.78. The van der Waals surface area contributed by atoms with E-state index in [-0.39, 0.29) is 0 Å². The highest BCUT2D eigenvalue weighted by atomic mass is 14.4. The van der Waals surface area contributed by atoms with Gasteiger partial charge in [0.1, 0.15) is 0 Å². The van der Waals surface area contributed by atoms with E-state index >= 15 is 0 Å². The zero-order chi connectivity index (χ0) is 8.23. The molecule has 2 aliphatic rings. The number of fused-ring (bicyclic) bond motifs is 1. The van der Waals surface area contributed by atoms with Gasteiger partial charge in [0.25, 0.3) is 0 Å². The summed E-state index contributed by atoms with van der Waals surface area (Å²) in [5.41, 5.74) is 0. The minimum atomic E-state index is 1.17. The van der Waals surface area contributed by atoms with Gasteiger partial charge in [-0.25, -0.2) is 0 Å². The Morgan fingerprint density at radius 2 is 0.917 bits per heavy atom. The molecule has 0 aromatic rings. The molecule has 0 N–H and O–H groups in total. The maximum atomic E-state index is 1.58. The van der Waals surface area contributed by atoms with Gasteiger partial charge in [-0.3, -0.25) is 0 Å². The van der Waals surface area contributed by atoms with Gasteiger partial charge in [-0.15, -0.1) is 0 Å². The highest BCUT2D eigenvalue weighted by molar-refractivity contribution is 4.85. The first-order valence-corrected chi connectivity index (χ1v) is 5.97. The fourth-order valence-electron chi connectivity index (χ4n) is 2.71. The molecule has 0 aromatic carbocycles. The normalized spacial score (nSPS) is 38.0. The summed E-state index contributed by atoms with van der Waals surface area (Å²) in [7, 11) is 0. The highest BCUT2D eigenvalue weighted by Crippen LogP contribution is 2.46. The second-order valence-electron chi connectivity index (χ2n) is 4.81. The Balaban J connectivity index is 1.70. The maximum absolute atomic E-state index is 1.58. The lowest BCUT2D eigenvalue weighted by Crippen LogP contribution is -1.83. The average molecular weight is 166 g/mol. The lowest BCUT2D eigenvalue weighted by atomic mass is 10.1. The largest absolute Gasteiger partial charge is 0.0533 e. The molecule has 12 heavy (non-hydrogen) atoms. The monoisotopic (exact) mass is 166 g/mol. The molecule has 0 bridgehead atoms. The molecule has 0 heteroatoms. The molecule has 70 valence electrons. The first-order valence-electron chi connectivity index (χ1n) is 5.97. The fourth-order valence-corrected chi connectivity index (χ4v) is 2.71. The van der Waals surface area contributed by atoms with Gasteiger partial charge in [0.2, 0.25) is 0 Å². The highest BCUT2D eigenvalue weighted by Gasteiger charge is 2.35. The van der Waals surface area contributed by atoms with Crippen LogP contribution in [0.4, 0.5) is 0 Å². The van der Waals surface area contributed by atoms with E-state index in [0.717, 1.165) is 0 Å². The van der Waals surface area contributed by atoms with Crippen molar-refractivity contribution >= 4 is 0 Å². The van der Waals surface area contributed by atoms with Crippen molar-refractivity contribution in [1.82, 2.24) is 0 Å². The second-order valence-corrected chi connectivity index (χ2v) is 4.81. The van der Waals surface area contributed by atoms with E-state index in [1.807, 2.05) is 0 Å². The molecule has 2 saturated carbocycles. The fraction of sp³-hybridized carbons (Fsp3) is 1.00. The third kappa shape index (κ3) is 2.50. The molecule has 2 fully saturated rings. The summed E-state index contributed by atoms with van der Waals surface area (Å²) in [6, 6.07) is 0. The Bertz CT molecular complexity index is 114. The van der Waals surface area contributed by atoms with Gasteiger partial charge >= 0.3 is 0 Å². The van der Waals surface area contributed by atoms with Gasteiger partial charge in [-0.05, 0) is 18.3 Å². The van der Waals surface area contributed by atoms with E-state index in [1.165, 1.54) is 56.8 Å². The van der Waals surface area contributed by atoms with Crippen LogP contribution in [0.3, 0.4) is 0 Å². The Kier molecular flexibility index (Phi) is 3.08. The number of hydrogen-bond donors (Lipinski definition) is 0. The minimum absolute atomic E-state index is 1.17. The van der Waals surface area contributed by atoms with Crippen LogP contribution in [0.5, 0.6) is 0 Å². The van der Waals surface area contributed by atoms with Gasteiger partial charge in [0.05, 0.1) is 0 Å². The van der Waals surface area contributed by atoms with Crippen molar-refractivity contribution in [3.05, 3.63) is 0 Å². The molecular formula is C12H22. The van der Waals surface area contributed by atoms with Gasteiger partial charge < -0.3 is 0 Å². The lowest BCUT2D eigenvalue weighted by Gasteiger charge is -1.98. The van der Waals surface area contributed by atoms with Crippen molar-refractivity contribution in [3.8, 4) is 0 Å².